The van der Waals surface area contributed by atoms with E-state index in [4.69, 9.17) is 37.4 Å². The number of piperidine rings is 1. The lowest BCUT2D eigenvalue weighted by Crippen LogP contribution is -2.45. The molecule has 1 saturated heterocycles. The number of halogens is 2. The SMILES string of the molecule is COc1cc(CN(C)C(=O)[C@H]2CCCN(S(=O)(=O)c3cc(Cl)ccc3Cl)C2)cc(OC)c1OC. The monoisotopic (exact) mass is 530 g/mol. The number of ether oxygens (including phenoxy) is 3. The molecule has 0 N–H and O–H groups in total. The van der Waals surface area contributed by atoms with Crippen LogP contribution < -0.4 is 14.2 Å². The molecule has 0 unspecified atom stereocenters. The van der Waals surface area contributed by atoms with E-state index in [1.54, 1.807) is 24.1 Å². The lowest BCUT2D eigenvalue weighted by Gasteiger charge is -2.33. The van der Waals surface area contributed by atoms with E-state index in [0.29, 0.717) is 43.2 Å². The van der Waals surface area contributed by atoms with Gasteiger partial charge in [0.1, 0.15) is 4.90 Å². The van der Waals surface area contributed by atoms with Crippen LogP contribution in [0.2, 0.25) is 10.0 Å². The molecular weight excluding hydrogens is 503 g/mol. The van der Waals surface area contributed by atoms with Crippen molar-refractivity contribution >= 4 is 39.1 Å². The Labute approximate surface area is 210 Å². The summed E-state index contributed by atoms with van der Waals surface area (Å²) in [7, 11) is 2.37. The third-order valence-electron chi connectivity index (χ3n) is 5.76. The van der Waals surface area contributed by atoms with E-state index in [1.807, 2.05) is 0 Å². The highest BCUT2D eigenvalue weighted by atomic mass is 35.5. The summed E-state index contributed by atoms with van der Waals surface area (Å²) in [5.41, 5.74) is 0.788. The number of hydrogen-bond donors (Lipinski definition) is 0. The van der Waals surface area contributed by atoms with Gasteiger partial charge in [0.05, 0.1) is 32.3 Å². The molecule has 8 nitrogen and oxygen atoms in total. The molecule has 0 spiro atoms. The Morgan fingerprint density at radius 1 is 1.09 bits per heavy atom. The van der Waals surface area contributed by atoms with Gasteiger partial charge < -0.3 is 19.1 Å². The number of methoxy groups -OCH3 is 3. The summed E-state index contributed by atoms with van der Waals surface area (Å²) < 4.78 is 43.8. The maximum Gasteiger partial charge on any atom is 0.244 e. The molecule has 1 amide bonds. The van der Waals surface area contributed by atoms with Gasteiger partial charge in [0.25, 0.3) is 0 Å². The van der Waals surface area contributed by atoms with Crippen LogP contribution in [0.3, 0.4) is 0 Å². The first-order chi connectivity index (χ1) is 16.1. The Bertz CT molecular complexity index is 1130. The van der Waals surface area contributed by atoms with E-state index >= 15 is 0 Å². The molecule has 0 saturated carbocycles. The predicted molar refractivity (Wildman–Crippen MR) is 131 cm³/mol. The van der Waals surface area contributed by atoms with Crippen LogP contribution in [0, 0.1) is 5.92 Å². The molecule has 1 heterocycles. The lowest BCUT2D eigenvalue weighted by molar-refractivity contribution is -0.135. The Morgan fingerprint density at radius 2 is 1.74 bits per heavy atom. The standard InChI is InChI=1S/C23H28Cl2N2O6S/c1-26(13-15-10-19(31-2)22(33-4)20(11-15)32-3)23(28)16-6-5-9-27(14-16)34(29,30)21-12-17(24)7-8-18(21)25/h7-8,10-12,16H,5-6,9,13-14H2,1-4H3/t16-/m0/s1. The number of rotatable bonds is 8. The summed E-state index contributed by atoms with van der Waals surface area (Å²) in [5.74, 6) is 0.826. The van der Waals surface area contributed by atoms with Gasteiger partial charge in [-0.15, -0.1) is 0 Å². The van der Waals surface area contributed by atoms with Gasteiger partial charge in [-0.3, -0.25) is 4.79 Å². The molecule has 0 aromatic heterocycles. The van der Waals surface area contributed by atoms with E-state index in [2.05, 4.69) is 0 Å². The average molecular weight is 531 g/mol. The molecule has 2 aromatic rings. The molecule has 34 heavy (non-hydrogen) atoms. The maximum absolute atomic E-state index is 13.2. The Morgan fingerprint density at radius 3 is 2.32 bits per heavy atom. The molecule has 1 fully saturated rings. The minimum Gasteiger partial charge on any atom is -0.493 e. The van der Waals surface area contributed by atoms with Gasteiger partial charge in [-0.05, 0) is 48.7 Å². The Hall–Kier alpha value is -2.20. The van der Waals surface area contributed by atoms with Crippen molar-refractivity contribution in [2.45, 2.75) is 24.3 Å². The Balaban J connectivity index is 1.77. The van der Waals surface area contributed by atoms with Gasteiger partial charge in [-0.25, -0.2) is 8.42 Å². The minimum atomic E-state index is -3.89. The summed E-state index contributed by atoms with van der Waals surface area (Å²) in [6.07, 6.45) is 1.15. The van der Waals surface area contributed by atoms with Crippen molar-refractivity contribution in [1.29, 1.82) is 0 Å². The van der Waals surface area contributed by atoms with Gasteiger partial charge >= 0.3 is 0 Å². The van der Waals surface area contributed by atoms with Gasteiger partial charge in [0, 0.05) is 31.7 Å². The largest absolute Gasteiger partial charge is 0.493 e. The van der Waals surface area contributed by atoms with Crippen molar-refractivity contribution in [3.8, 4) is 17.2 Å². The van der Waals surface area contributed by atoms with Crippen molar-refractivity contribution in [1.82, 2.24) is 9.21 Å². The molecule has 1 aliphatic heterocycles. The van der Waals surface area contributed by atoms with Crippen LogP contribution in [-0.4, -0.2) is 65.0 Å². The topological polar surface area (TPSA) is 85.4 Å². The van der Waals surface area contributed by atoms with Crippen LogP contribution in [0.5, 0.6) is 17.2 Å². The van der Waals surface area contributed by atoms with Gasteiger partial charge in [-0.1, -0.05) is 23.2 Å². The van der Waals surface area contributed by atoms with Crippen molar-refractivity contribution in [2.24, 2.45) is 5.92 Å². The van der Waals surface area contributed by atoms with Crippen molar-refractivity contribution in [3.63, 3.8) is 0 Å². The molecule has 0 bridgehead atoms. The normalized spacial score (nSPS) is 16.7. The second-order valence-corrected chi connectivity index (χ2v) is 10.8. The Kier molecular flexibility index (Phi) is 8.57. The third-order valence-corrected chi connectivity index (χ3v) is 8.35. The highest BCUT2D eigenvalue weighted by Gasteiger charge is 2.35. The van der Waals surface area contributed by atoms with Crippen LogP contribution in [0.4, 0.5) is 0 Å². The van der Waals surface area contributed by atoms with E-state index < -0.39 is 15.9 Å². The zero-order valence-electron chi connectivity index (χ0n) is 19.5. The summed E-state index contributed by atoms with van der Waals surface area (Å²) in [6, 6.07) is 7.88. The highest BCUT2D eigenvalue weighted by molar-refractivity contribution is 7.89. The van der Waals surface area contributed by atoms with E-state index in [0.717, 1.165) is 5.56 Å². The van der Waals surface area contributed by atoms with Crippen LogP contribution in [0.25, 0.3) is 0 Å². The summed E-state index contributed by atoms with van der Waals surface area (Å²) >= 11 is 12.1. The van der Waals surface area contributed by atoms with Crippen LogP contribution >= 0.6 is 23.2 Å². The number of sulfonamides is 1. The molecule has 1 aliphatic rings. The fraction of sp³-hybridized carbons (Fsp3) is 0.435. The minimum absolute atomic E-state index is 0.0551. The third kappa shape index (κ3) is 5.54. The predicted octanol–water partition coefficient (Wildman–Crippen LogP) is 4.08. The van der Waals surface area contributed by atoms with E-state index in [-0.39, 0.29) is 27.4 Å². The second-order valence-electron chi connectivity index (χ2n) is 8.00. The van der Waals surface area contributed by atoms with Crippen molar-refractivity contribution < 1.29 is 27.4 Å². The molecule has 186 valence electrons. The van der Waals surface area contributed by atoms with E-state index in [9.17, 15) is 13.2 Å². The molecule has 1 atom stereocenters. The number of carbonyl (C=O) groups is 1. The second kappa shape index (κ2) is 11.0. The maximum atomic E-state index is 13.2. The van der Waals surface area contributed by atoms with Gasteiger partial charge in [0.2, 0.25) is 21.7 Å². The number of nitrogens with zero attached hydrogens (tertiary/aromatic N) is 2. The van der Waals surface area contributed by atoms with E-state index in [1.165, 1.54) is 43.8 Å². The fourth-order valence-electron chi connectivity index (χ4n) is 4.07. The number of amides is 1. The number of hydrogen-bond acceptors (Lipinski definition) is 6. The highest BCUT2D eigenvalue weighted by Crippen LogP contribution is 2.38. The first kappa shape index (κ1) is 26.4. The quantitative estimate of drug-likeness (QED) is 0.511. The van der Waals surface area contributed by atoms with Crippen LogP contribution in [0.1, 0.15) is 18.4 Å². The van der Waals surface area contributed by atoms with Crippen molar-refractivity contribution in [2.75, 3.05) is 41.5 Å². The smallest absolute Gasteiger partial charge is 0.244 e. The fourth-order valence-corrected chi connectivity index (χ4v) is 6.33. The zero-order chi connectivity index (χ0) is 25.0. The molecule has 0 radical (unpaired) electrons. The first-order valence-electron chi connectivity index (χ1n) is 10.6. The van der Waals surface area contributed by atoms with Gasteiger partial charge in [0.15, 0.2) is 11.5 Å². The lowest BCUT2D eigenvalue weighted by atomic mass is 9.98. The van der Waals surface area contributed by atoms with Crippen LogP contribution in [-0.2, 0) is 21.4 Å². The van der Waals surface area contributed by atoms with Crippen molar-refractivity contribution in [3.05, 3.63) is 45.9 Å². The van der Waals surface area contributed by atoms with Crippen LogP contribution in [0.15, 0.2) is 35.2 Å². The van der Waals surface area contributed by atoms with Gasteiger partial charge in [-0.2, -0.15) is 4.31 Å². The average Bonchev–Trinajstić information content (AvgIpc) is 2.84. The zero-order valence-corrected chi connectivity index (χ0v) is 21.8. The number of carbonyl (C=O) groups excluding carboxylic acids is 1. The summed E-state index contributed by atoms with van der Waals surface area (Å²) in [6.45, 7) is 0.675. The summed E-state index contributed by atoms with van der Waals surface area (Å²) in [4.78, 5) is 14.8. The first-order valence-corrected chi connectivity index (χ1v) is 12.8. The molecule has 0 aliphatic carbocycles. The summed E-state index contributed by atoms with van der Waals surface area (Å²) in [5, 5.41) is 0.370. The molecule has 3 rings (SSSR count). The number of benzene rings is 2. The molecule has 11 heteroatoms. The molecular formula is C23H28Cl2N2O6S. The molecule has 2 aromatic carbocycles.